The number of nitrogens with two attached hydrogens (primary N) is 1. The van der Waals surface area contributed by atoms with Crippen LogP contribution in [-0.4, -0.2) is 4.92 Å². The summed E-state index contributed by atoms with van der Waals surface area (Å²) in [7, 11) is 0. The summed E-state index contributed by atoms with van der Waals surface area (Å²) in [5.41, 5.74) is 5.81. The fourth-order valence-corrected chi connectivity index (χ4v) is 3.58. The van der Waals surface area contributed by atoms with Crippen molar-refractivity contribution in [3.8, 4) is 5.75 Å². The maximum absolute atomic E-state index is 12.5. The van der Waals surface area contributed by atoms with Gasteiger partial charge in [-0.1, -0.05) is 12.1 Å². The molecule has 24 heavy (non-hydrogen) atoms. The summed E-state index contributed by atoms with van der Waals surface area (Å²) in [4.78, 5) is 23.4. The molecule has 2 N–H and O–H groups in total. The summed E-state index contributed by atoms with van der Waals surface area (Å²) >= 11 is 1.37. The third-order valence-electron chi connectivity index (χ3n) is 3.90. The molecule has 0 amide bonds. The van der Waals surface area contributed by atoms with E-state index >= 15 is 0 Å². The van der Waals surface area contributed by atoms with Crippen LogP contribution in [0.15, 0.2) is 61.9 Å². The summed E-state index contributed by atoms with van der Waals surface area (Å²) in [5.74, 6) is -1.04. The Morgan fingerprint density at radius 1 is 1.25 bits per heavy atom. The van der Waals surface area contributed by atoms with Gasteiger partial charge in [0.25, 0.3) is 5.88 Å². The molecule has 0 saturated carbocycles. The molecule has 1 aliphatic heterocycles. The van der Waals surface area contributed by atoms with Crippen LogP contribution in [0.4, 0.5) is 0 Å². The van der Waals surface area contributed by atoms with Gasteiger partial charge in [0.05, 0.1) is 15.9 Å². The molecule has 0 bridgehead atoms. The van der Waals surface area contributed by atoms with Crippen LogP contribution in [0.5, 0.6) is 5.75 Å². The molecule has 0 aliphatic carbocycles. The van der Waals surface area contributed by atoms with E-state index in [9.17, 15) is 14.9 Å². The molecule has 7 nitrogen and oxygen atoms in total. The second kappa shape index (κ2) is 5.20. The molecule has 2 aromatic heterocycles. The highest BCUT2D eigenvalue weighted by Gasteiger charge is 2.42. The number of nitro groups is 1. The average Bonchev–Trinajstić information content (AvgIpc) is 3.07. The lowest BCUT2D eigenvalue weighted by Gasteiger charge is -2.23. The Morgan fingerprint density at radius 3 is 2.75 bits per heavy atom. The Balaban J connectivity index is 2.11. The molecule has 8 heteroatoms. The van der Waals surface area contributed by atoms with E-state index in [0.717, 1.165) is 0 Å². The van der Waals surface area contributed by atoms with Gasteiger partial charge >= 0.3 is 11.3 Å². The minimum atomic E-state index is -0.934. The number of thiophene rings is 1. The standard InChI is InChI=1S/C16H10N2O5S/c17-15-13(18(20)21)11(8-5-6-24-7-8)12-14(23-15)9-3-1-2-4-10(9)22-16(12)19/h1-7,11H,17H2/t11-/m1/s1. The Labute approximate surface area is 138 Å². The number of para-hydroxylation sites is 1. The molecule has 1 atom stereocenters. The number of hydrogen-bond donors (Lipinski definition) is 1. The normalized spacial score (nSPS) is 16.8. The molecule has 0 fully saturated rings. The second-order valence-corrected chi connectivity index (χ2v) is 6.01. The first-order valence-electron chi connectivity index (χ1n) is 6.97. The van der Waals surface area contributed by atoms with Gasteiger partial charge in [0.2, 0.25) is 0 Å². The summed E-state index contributed by atoms with van der Waals surface area (Å²) in [6.07, 6.45) is 0. The molecule has 0 radical (unpaired) electrons. The number of rotatable bonds is 2. The lowest BCUT2D eigenvalue weighted by Crippen LogP contribution is -2.29. The van der Waals surface area contributed by atoms with E-state index in [0.29, 0.717) is 16.5 Å². The van der Waals surface area contributed by atoms with E-state index in [1.165, 1.54) is 11.3 Å². The molecule has 0 unspecified atom stereocenters. The molecular formula is C16H10N2O5S. The fourth-order valence-electron chi connectivity index (χ4n) is 2.90. The van der Waals surface area contributed by atoms with Crippen molar-refractivity contribution >= 4 is 22.3 Å². The maximum atomic E-state index is 12.5. The number of fused-ring (bicyclic) bond motifs is 3. The Morgan fingerprint density at radius 2 is 2.04 bits per heavy atom. The third kappa shape index (κ3) is 2.00. The van der Waals surface area contributed by atoms with Crippen molar-refractivity contribution < 1.29 is 14.1 Å². The zero-order valence-corrected chi connectivity index (χ0v) is 12.9. The van der Waals surface area contributed by atoms with Crippen molar-refractivity contribution in [2.24, 2.45) is 5.73 Å². The van der Waals surface area contributed by atoms with Gasteiger partial charge in [0.15, 0.2) is 5.75 Å². The highest BCUT2D eigenvalue weighted by molar-refractivity contribution is 7.08. The van der Waals surface area contributed by atoms with Crippen LogP contribution in [0.2, 0.25) is 0 Å². The summed E-state index contributed by atoms with van der Waals surface area (Å²) in [6, 6.07) is 8.54. The summed E-state index contributed by atoms with van der Waals surface area (Å²) < 4.78 is 10.8. The minimum Gasteiger partial charge on any atom is -0.434 e. The number of ether oxygens (including phenoxy) is 1. The highest BCUT2D eigenvalue weighted by Crippen LogP contribution is 2.44. The van der Waals surface area contributed by atoms with Crippen molar-refractivity contribution in [1.82, 2.24) is 0 Å². The Kier molecular flexibility index (Phi) is 3.14. The molecule has 1 aromatic carbocycles. The van der Waals surface area contributed by atoms with Gasteiger partial charge in [-0.25, -0.2) is 4.79 Å². The molecule has 4 rings (SSSR count). The van der Waals surface area contributed by atoms with E-state index in [1.54, 1.807) is 41.1 Å². The van der Waals surface area contributed by atoms with Crippen molar-refractivity contribution in [3.63, 3.8) is 0 Å². The van der Waals surface area contributed by atoms with Gasteiger partial charge in [-0.15, -0.1) is 0 Å². The van der Waals surface area contributed by atoms with Crippen LogP contribution in [0.3, 0.4) is 0 Å². The molecule has 3 aromatic rings. The van der Waals surface area contributed by atoms with E-state index in [2.05, 4.69) is 0 Å². The summed E-state index contributed by atoms with van der Waals surface area (Å²) in [5, 5.41) is 15.6. The monoisotopic (exact) mass is 342 g/mol. The van der Waals surface area contributed by atoms with Crippen molar-refractivity contribution in [2.45, 2.75) is 5.92 Å². The predicted octanol–water partition coefficient (Wildman–Crippen LogP) is 2.78. The van der Waals surface area contributed by atoms with Gasteiger partial charge in [-0.05, 0) is 34.5 Å². The number of allylic oxidation sites excluding steroid dienone is 1. The van der Waals surface area contributed by atoms with Crippen LogP contribution < -0.4 is 16.1 Å². The van der Waals surface area contributed by atoms with Crippen LogP contribution in [0.1, 0.15) is 17.0 Å². The molecule has 0 saturated heterocycles. The van der Waals surface area contributed by atoms with Crippen molar-refractivity contribution in [1.29, 1.82) is 0 Å². The van der Waals surface area contributed by atoms with Gasteiger partial charge in [0.1, 0.15) is 11.5 Å². The molecule has 3 heterocycles. The van der Waals surface area contributed by atoms with Gasteiger partial charge < -0.3 is 14.9 Å². The van der Waals surface area contributed by atoms with Gasteiger partial charge in [-0.3, -0.25) is 10.1 Å². The van der Waals surface area contributed by atoms with E-state index in [4.69, 9.17) is 14.9 Å². The minimum absolute atomic E-state index is 0.0907. The van der Waals surface area contributed by atoms with Gasteiger partial charge in [-0.2, -0.15) is 11.3 Å². The molecule has 0 spiro atoms. The lowest BCUT2D eigenvalue weighted by atomic mass is 9.88. The molecular weight excluding hydrogens is 332 g/mol. The van der Waals surface area contributed by atoms with Crippen LogP contribution in [-0.2, 0) is 0 Å². The SMILES string of the molecule is NC1=C([N+](=O)[O-])[C@H](c2ccsc2)c2c(c3ccccc3oc2=O)O1. The average molecular weight is 342 g/mol. The van der Waals surface area contributed by atoms with Crippen LogP contribution in [0.25, 0.3) is 11.0 Å². The second-order valence-electron chi connectivity index (χ2n) is 5.23. The first-order chi connectivity index (χ1) is 11.6. The number of hydrogen-bond acceptors (Lipinski definition) is 7. The zero-order valence-electron chi connectivity index (χ0n) is 12.1. The fraction of sp³-hybridized carbons (Fsp3) is 0.0625. The quantitative estimate of drug-likeness (QED) is 0.436. The highest BCUT2D eigenvalue weighted by atomic mass is 32.1. The first kappa shape index (κ1) is 14.5. The topological polar surface area (TPSA) is 109 Å². The number of benzene rings is 1. The van der Waals surface area contributed by atoms with Crippen LogP contribution in [0, 0.1) is 10.1 Å². The molecule has 120 valence electrons. The number of nitrogens with zero attached hydrogens (tertiary/aromatic N) is 1. The molecule has 1 aliphatic rings. The van der Waals surface area contributed by atoms with Gasteiger partial charge in [0, 0.05) is 0 Å². The lowest BCUT2D eigenvalue weighted by molar-refractivity contribution is -0.432. The first-order valence-corrected chi connectivity index (χ1v) is 7.92. The third-order valence-corrected chi connectivity index (χ3v) is 4.60. The maximum Gasteiger partial charge on any atom is 0.344 e. The Bertz CT molecular complexity index is 1050. The Hall–Kier alpha value is -3.13. The predicted molar refractivity (Wildman–Crippen MR) is 87.5 cm³/mol. The largest absolute Gasteiger partial charge is 0.434 e. The van der Waals surface area contributed by atoms with E-state index < -0.39 is 16.5 Å². The summed E-state index contributed by atoms with van der Waals surface area (Å²) in [6.45, 7) is 0. The van der Waals surface area contributed by atoms with Crippen molar-refractivity contribution in [3.05, 3.63) is 84.3 Å². The smallest absolute Gasteiger partial charge is 0.344 e. The van der Waals surface area contributed by atoms with E-state index in [-0.39, 0.29) is 22.9 Å². The van der Waals surface area contributed by atoms with Crippen LogP contribution >= 0.6 is 11.3 Å². The van der Waals surface area contributed by atoms with E-state index in [1.807, 2.05) is 0 Å². The zero-order chi connectivity index (χ0) is 16.8. The van der Waals surface area contributed by atoms with Crippen molar-refractivity contribution in [2.75, 3.05) is 0 Å².